The second-order valence-corrected chi connectivity index (χ2v) is 3.86. The number of nitrogens with two attached hydrogens (primary N) is 1. The maximum Gasteiger partial charge on any atom is 0.293 e. The van der Waals surface area contributed by atoms with Crippen molar-refractivity contribution in [3.05, 3.63) is 38.5 Å². The summed E-state index contributed by atoms with van der Waals surface area (Å²) in [7, 11) is 0. The molecule has 0 saturated carbocycles. The molecule has 0 aliphatic carbocycles. The second kappa shape index (κ2) is 4.96. The van der Waals surface area contributed by atoms with Crippen molar-refractivity contribution in [3.63, 3.8) is 0 Å². The van der Waals surface area contributed by atoms with Crippen LogP contribution in [0.2, 0.25) is 0 Å². The van der Waals surface area contributed by atoms with Crippen molar-refractivity contribution < 1.29 is 9.66 Å². The molecule has 0 aliphatic heterocycles. The van der Waals surface area contributed by atoms with Crippen molar-refractivity contribution in [2.75, 3.05) is 12.3 Å². The van der Waals surface area contributed by atoms with Gasteiger partial charge in [0.25, 0.3) is 5.69 Å². The van der Waals surface area contributed by atoms with Gasteiger partial charge in [-0.05, 0) is 22.6 Å². The number of nitro groups is 1. The number of nitrogens with zero attached hydrogens (tertiary/aromatic N) is 1. The third kappa shape index (κ3) is 2.82. The summed E-state index contributed by atoms with van der Waals surface area (Å²) in [5.41, 5.74) is 5.50. The van der Waals surface area contributed by atoms with E-state index in [1.807, 2.05) is 22.6 Å². The van der Waals surface area contributed by atoms with Crippen LogP contribution in [0.4, 0.5) is 11.4 Å². The van der Waals surface area contributed by atoms with E-state index in [4.69, 9.17) is 10.5 Å². The molecular weight excluding hydrogens is 311 g/mol. The fourth-order valence-corrected chi connectivity index (χ4v) is 1.58. The molecule has 1 aromatic rings. The van der Waals surface area contributed by atoms with Crippen LogP contribution in [0.15, 0.2) is 24.8 Å². The van der Waals surface area contributed by atoms with Gasteiger partial charge in [-0.2, -0.15) is 0 Å². The van der Waals surface area contributed by atoms with Crippen LogP contribution in [0.25, 0.3) is 0 Å². The SMILES string of the molecule is C=CCOc1cc(N)c([N+](=O)[O-])cc1I. The average molecular weight is 320 g/mol. The van der Waals surface area contributed by atoms with E-state index < -0.39 is 4.92 Å². The Bertz CT molecular complexity index is 407. The van der Waals surface area contributed by atoms with E-state index in [0.29, 0.717) is 15.9 Å². The molecule has 1 rings (SSSR count). The zero-order chi connectivity index (χ0) is 11.4. The Morgan fingerprint density at radius 1 is 1.67 bits per heavy atom. The van der Waals surface area contributed by atoms with Gasteiger partial charge < -0.3 is 10.5 Å². The number of rotatable bonds is 4. The molecular formula is C9H9IN2O3. The van der Waals surface area contributed by atoms with Gasteiger partial charge in [0.2, 0.25) is 0 Å². The van der Waals surface area contributed by atoms with Gasteiger partial charge in [-0.25, -0.2) is 0 Å². The summed E-state index contributed by atoms with van der Waals surface area (Å²) in [5, 5.41) is 10.6. The molecule has 0 unspecified atom stereocenters. The molecule has 0 heterocycles. The Balaban J connectivity index is 3.07. The number of benzene rings is 1. The van der Waals surface area contributed by atoms with Crippen molar-refractivity contribution in [3.8, 4) is 5.75 Å². The first-order valence-electron chi connectivity index (χ1n) is 4.03. The van der Waals surface area contributed by atoms with Crippen LogP contribution in [0.3, 0.4) is 0 Å². The monoisotopic (exact) mass is 320 g/mol. The second-order valence-electron chi connectivity index (χ2n) is 2.70. The Morgan fingerprint density at radius 2 is 2.33 bits per heavy atom. The molecule has 0 atom stereocenters. The molecule has 0 amide bonds. The summed E-state index contributed by atoms with van der Waals surface area (Å²) in [6.07, 6.45) is 1.59. The summed E-state index contributed by atoms with van der Waals surface area (Å²) < 4.78 is 5.92. The predicted molar refractivity (Wildman–Crippen MR) is 65.9 cm³/mol. The zero-order valence-corrected chi connectivity index (χ0v) is 9.93. The Morgan fingerprint density at radius 3 is 2.87 bits per heavy atom. The molecule has 6 heteroatoms. The maximum absolute atomic E-state index is 10.6. The van der Waals surface area contributed by atoms with E-state index in [-0.39, 0.29) is 11.4 Å². The number of hydrogen-bond acceptors (Lipinski definition) is 4. The van der Waals surface area contributed by atoms with Gasteiger partial charge in [0.05, 0.1) is 8.49 Å². The molecule has 5 nitrogen and oxygen atoms in total. The molecule has 0 fully saturated rings. The molecule has 0 saturated heterocycles. The van der Waals surface area contributed by atoms with Crippen LogP contribution >= 0.6 is 22.6 Å². The van der Waals surface area contributed by atoms with Crippen molar-refractivity contribution in [1.82, 2.24) is 0 Å². The highest BCUT2D eigenvalue weighted by molar-refractivity contribution is 14.1. The quantitative estimate of drug-likeness (QED) is 0.304. The van der Waals surface area contributed by atoms with Gasteiger partial charge in [0, 0.05) is 12.1 Å². The Hall–Kier alpha value is -1.31. The number of anilines is 1. The third-order valence-electron chi connectivity index (χ3n) is 1.63. The fourth-order valence-electron chi connectivity index (χ4n) is 0.976. The lowest BCUT2D eigenvalue weighted by Gasteiger charge is -2.06. The van der Waals surface area contributed by atoms with Crippen LogP contribution in [0.5, 0.6) is 5.75 Å². The molecule has 2 N–H and O–H groups in total. The molecule has 0 aromatic heterocycles. The van der Waals surface area contributed by atoms with Gasteiger partial charge in [0.15, 0.2) is 0 Å². The molecule has 0 radical (unpaired) electrons. The minimum atomic E-state index is -0.519. The van der Waals surface area contributed by atoms with Crippen LogP contribution in [-0.2, 0) is 0 Å². The highest BCUT2D eigenvalue weighted by Crippen LogP contribution is 2.31. The number of nitro benzene ring substituents is 1. The molecule has 0 spiro atoms. The molecule has 15 heavy (non-hydrogen) atoms. The lowest BCUT2D eigenvalue weighted by Crippen LogP contribution is -2.00. The van der Waals surface area contributed by atoms with E-state index in [9.17, 15) is 10.1 Å². The third-order valence-corrected chi connectivity index (χ3v) is 2.48. The van der Waals surface area contributed by atoms with Crippen LogP contribution in [0, 0.1) is 13.7 Å². The first kappa shape index (κ1) is 11.8. The van der Waals surface area contributed by atoms with Gasteiger partial charge in [0.1, 0.15) is 18.0 Å². The van der Waals surface area contributed by atoms with Crippen molar-refractivity contribution in [2.24, 2.45) is 0 Å². The minimum absolute atomic E-state index is 0.0967. The fraction of sp³-hybridized carbons (Fsp3) is 0.111. The van der Waals surface area contributed by atoms with E-state index in [1.54, 1.807) is 6.08 Å². The first-order chi connectivity index (χ1) is 7.06. The lowest BCUT2D eigenvalue weighted by molar-refractivity contribution is -0.384. The van der Waals surface area contributed by atoms with Gasteiger partial charge in [-0.3, -0.25) is 10.1 Å². The summed E-state index contributed by atoms with van der Waals surface area (Å²) >= 11 is 1.96. The number of nitrogen functional groups attached to an aromatic ring is 1. The largest absolute Gasteiger partial charge is 0.488 e. The van der Waals surface area contributed by atoms with Gasteiger partial charge >= 0.3 is 0 Å². The lowest BCUT2D eigenvalue weighted by atomic mass is 10.2. The summed E-state index contributed by atoms with van der Waals surface area (Å²) in [4.78, 5) is 10.0. The topological polar surface area (TPSA) is 78.4 Å². The van der Waals surface area contributed by atoms with Gasteiger partial charge in [-0.15, -0.1) is 0 Å². The highest BCUT2D eigenvalue weighted by Gasteiger charge is 2.15. The summed E-state index contributed by atoms with van der Waals surface area (Å²) in [6, 6.07) is 2.83. The zero-order valence-electron chi connectivity index (χ0n) is 7.77. The van der Waals surface area contributed by atoms with Crippen molar-refractivity contribution in [2.45, 2.75) is 0 Å². The van der Waals surface area contributed by atoms with Crippen molar-refractivity contribution in [1.29, 1.82) is 0 Å². The number of halogens is 1. The van der Waals surface area contributed by atoms with E-state index >= 15 is 0 Å². The minimum Gasteiger partial charge on any atom is -0.488 e. The van der Waals surface area contributed by atoms with Crippen LogP contribution < -0.4 is 10.5 Å². The van der Waals surface area contributed by atoms with E-state index in [0.717, 1.165) is 0 Å². The molecule has 0 aliphatic rings. The predicted octanol–water partition coefficient (Wildman–Crippen LogP) is 2.35. The smallest absolute Gasteiger partial charge is 0.293 e. The normalized spacial score (nSPS) is 9.67. The highest BCUT2D eigenvalue weighted by atomic mass is 127. The van der Waals surface area contributed by atoms with Crippen LogP contribution in [-0.4, -0.2) is 11.5 Å². The van der Waals surface area contributed by atoms with Crippen molar-refractivity contribution >= 4 is 34.0 Å². The molecule has 1 aromatic carbocycles. The van der Waals surface area contributed by atoms with Crippen LogP contribution in [0.1, 0.15) is 0 Å². The number of hydrogen-bond donors (Lipinski definition) is 1. The standard InChI is InChI=1S/C9H9IN2O3/c1-2-3-15-9-5-7(11)8(12(13)14)4-6(9)10/h2,4-5H,1,3,11H2. The molecule has 80 valence electrons. The average Bonchev–Trinajstić information content (AvgIpc) is 2.18. The Kier molecular flexibility index (Phi) is 3.89. The van der Waals surface area contributed by atoms with E-state index in [1.165, 1.54) is 12.1 Å². The number of ether oxygens (including phenoxy) is 1. The maximum atomic E-state index is 10.6. The molecule has 0 bridgehead atoms. The summed E-state index contributed by atoms with van der Waals surface area (Å²) in [6.45, 7) is 3.85. The van der Waals surface area contributed by atoms with E-state index in [2.05, 4.69) is 6.58 Å². The summed E-state index contributed by atoms with van der Waals surface area (Å²) in [5.74, 6) is 0.526. The van der Waals surface area contributed by atoms with Gasteiger partial charge in [-0.1, -0.05) is 12.7 Å². The first-order valence-corrected chi connectivity index (χ1v) is 5.11. The Labute approximate surface area is 100 Å².